The number of primary amides is 3. The highest BCUT2D eigenvalue weighted by Gasteiger charge is 2.36. The minimum absolute atomic E-state index is 0.00437. The van der Waals surface area contributed by atoms with Crippen LogP contribution in [-0.2, 0) is 81.6 Å². The smallest absolute Gasteiger partial charge is 0.325 e. The topological polar surface area (TPSA) is 754 Å². The predicted octanol–water partition coefficient (Wildman–Crippen LogP) is -9.26. The van der Waals surface area contributed by atoms with Crippen LogP contribution < -0.4 is 114 Å². The molecule has 0 saturated carbocycles. The fourth-order valence-corrected chi connectivity index (χ4v) is 10.4. The van der Waals surface area contributed by atoms with Crippen LogP contribution in [0.25, 0.3) is 10.9 Å². The van der Waals surface area contributed by atoms with Crippen LogP contribution in [0.4, 0.5) is 9.59 Å². The molecule has 3 heterocycles. The summed E-state index contributed by atoms with van der Waals surface area (Å²) in [5.41, 5.74) is 35.0. The second kappa shape index (κ2) is 45.5. The molecule has 0 aliphatic rings. The lowest BCUT2D eigenvalue weighted by Gasteiger charge is -2.27. The Morgan fingerprint density at radius 2 is 0.861 bits per heavy atom. The molecule has 0 spiro atoms. The number of carbonyl (C=O) groups excluding carboxylic acids is 14. The number of guanidine groups is 2. The molecule has 0 unspecified atom stereocenters. The van der Waals surface area contributed by atoms with E-state index in [4.69, 9.17) is 45.2 Å². The number of carbonyl (C=O) groups is 15. The van der Waals surface area contributed by atoms with Gasteiger partial charge in [0.25, 0.3) is 0 Å². The number of aliphatic hydroxyl groups excluding tert-OH is 1. The summed E-state index contributed by atoms with van der Waals surface area (Å²) >= 11 is 0. The zero-order valence-electron chi connectivity index (χ0n) is 59.4. The van der Waals surface area contributed by atoms with Crippen LogP contribution >= 0.6 is 0 Å². The third-order valence-electron chi connectivity index (χ3n) is 16.2. The van der Waals surface area contributed by atoms with Crippen molar-refractivity contribution in [2.45, 2.75) is 164 Å². The first kappa shape index (κ1) is 87.7. The molecule has 4 aromatic rings. The number of nitrogens with one attached hydrogen (secondary N) is 20. The van der Waals surface area contributed by atoms with Crippen LogP contribution in [0.3, 0.4) is 0 Å². The minimum atomic E-state index is -1.85. The fourth-order valence-electron chi connectivity index (χ4n) is 10.4. The number of H-pyrrole nitrogens is 3. The van der Waals surface area contributed by atoms with E-state index >= 15 is 0 Å². The lowest BCUT2D eigenvalue weighted by Crippen LogP contribution is -2.60. The lowest BCUT2D eigenvalue weighted by atomic mass is 10.0. The van der Waals surface area contributed by atoms with Gasteiger partial charge in [0.1, 0.15) is 60.4 Å². The average molecular weight is 1520 g/mol. The molecule has 0 fully saturated rings. The van der Waals surface area contributed by atoms with Gasteiger partial charge in [-0.3, -0.25) is 73.1 Å². The second-order valence-corrected chi connectivity index (χ2v) is 24.8. The van der Waals surface area contributed by atoms with E-state index in [2.05, 4.69) is 105 Å². The van der Waals surface area contributed by atoms with Crippen LogP contribution in [0.15, 0.2) is 55.5 Å². The van der Waals surface area contributed by atoms with Gasteiger partial charge in [0.2, 0.25) is 70.9 Å². The third-order valence-corrected chi connectivity index (χ3v) is 16.2. The number of urea groups is 2. The van der Waals surface area contributed by atoms with Gasteiger partial charge in [-0.05, 0) is 83.3 Å². The highest BCUT2D eigenvalue weighted by atomic mass is 16.4. The quantitative estimate of drug-likeness (QED) is 0.0111. The molecule has 1 aromatic carbocycles. The van der Waals surface area contributed by atoms with E-state index in [-0.39, 0.29) is 109 Å². The third kappa shape index (κ3) is 32.1. The maximum Gasteiger partial charge on any atom is 0.325 e. The number of aromatic amines is 3. The molecule has 3 aromatic heterocycles. The standard InChI is InChI=1S/C63H98N28O17/c1-31(49(95)83-32(2)59(105)106)82-52(98)41(14-8-20-77-63(71)108)88-58(104)46(28-92)91-53(99)40(12-5-17-74-60(66)67)84-48(94)27-79-51(97)39(11-7-19-76-62(70)107)86-57(103)45(23-35-26-73-30-81-35)90-54(100)42(13-6-18-75-61(68)69)87-56(102)44(21-33-24-78-38-10-4-3-9-36(33)38)89-55(101)43(15-16-47(65)93)85-50(96)37(64)22-34-25-72-29-80-34/h3-4,9-10,24-26,29-32,37,39-46,78,92H,5-8,11-23,27-28,64H2,1-2H3,(H2,65,93)(H,72,80)(H,73,81)(H,79,97)(H,82,98)(H,83,95)(H,84,94)(H,85,96)(H,86,103)(H,87,102)(H,88,104)(H,89,101)(H,90,100)(H,91,99)(H,105,106)(H4,66,67,74)(H4,68,69,75)(H3,70,76,107)(H3,71,77,108)/t31-,32-,37-,39-,40-,41-,42-,43-,44-,45-,46-/m0/s1. The van der Waals surface area contributed by atoms with Crippen molar-refractivity contribution in [1.82, 2.24) is 105 Å². The number of amides is 16. The van der Waals surface area contributed by atoms with Crippen molar-refractivity contribution >= 4 is 112 Å². The maximum atomic E-state index is 14.9. The molecule has 45 nitrogen and oxygen atoms in total. The Kier molecular flexibility index (Phi) is 36.9. The van der Waals surface area contributed by atoms with Gasteiger partial charge in [-0.15, -0.1) is 0 Å². The summed E-state index contributed by atoms with van der Waals surface area (Å²) < 4.78 is 0. The Hall–Kier alpha value is -12.7. The molecular weight excluding hydrogens is 1420 g/mol. The number of hydrogen-bond donors (Lipinski definition) is 28. The van der Waals surface area contributed by atoms with E-state index in [1.165, 1.54) is 38.9 Å². The molecule has 108 heavy (non-hydrogen) atoms. The summed E-state index contributed by atoms with van der Waals surface area (Å²) in [4.78, 5) is 218. The molecular formula is C63H98N28O17. The molecule has 0 bridgehead atoms. The highest BCUT2D eigenvalue weighted by molar-refractivity contribution is 5.99. The molecule has 0 radical (unpaired) electrons. The van der Waals surface area contributed by atoms with Crippen molar-refractivity contribution in [3.8, 4) is 0 Å². The molecule has 4 rings (SSSR count). The number of carboxylic acids is 1. The fraction of sp³-hybridized carbons (Fsp3) is 0.508. The molecule has 0 aliphatic carbocycles. The zero-order chi connectivity index (χ0) is 80.0. The van der Waals surface area contributed by atoms with Crippen LogP contribution in [0.2, 0.25) is 0 Å². The van der Waals surface area contributed by atoms with Crippen molar-refractivity contribution in [3.63, 3.8) is 0 Å². The Bertz CT molecular complexity index is 3740. The van der Waals surface area contributed by atoms with Crippen molar-refractivity contribution < 1.29 is 82.1 Å². The van der Waals surface area contributed by atoms with Gasteiger partial charge in [-0.2, -0.15) is 0 Å². The summed E-state index contributed by atoms with van der Waals surface area (Å²) in [6.45, 7) is 0.0747. The van der Waals surface area contributed by atoms with Gasteiger partial charge in [0.05, 0.1) is 31.8 Å². The number of hydrogen-bond acceptors (Lipinski definition) is 21. The van der Waals surface area contributed by atoms with Gasteiger partial charge in [-0.1, -0.05) is 18.2 Å². The SMILES string of the molecule is C[C@H](NC(=O)[C@H](C)NC(=O)[C@H](CCCNC(N)=O)NC(=O)[C@H](CO)NC(=O)[C@H](CCCNC(=N)N)NC(=O)CNC(=O)[C@H](CCCNC(N)=O)NC(=O)[C@H](Cc1cnc[nH]1)NC(=O)[C@H](CCCNC(=N)N)NC(=O)[C@H](Cc1c[nH]c2ccccc12)NC(=O)[C@H](CCC(N)=O)NC(=O)[C@@H](N)Cc1cnc[nH]1)C(=O)O. The number of nitrogens with zero attached hydrogens (tertiary/aromatic N) is 2. The Balaban J connectivity index is 1.62. The predicted molar refractivity (Wildman–Crippen MR) is 383 cm³/mol. The first-order chi connectivity index (χ1) is 51.2. The van der Waals surface area contributed by atoms with E-state index in [9.17, 15) is 82.1 Å². The number of imidazole rings is 2. The van der Waals surface area contributed by atoms with Crippen LogP contribution in [-0.4, -0.2) is 242 Å². The van der Waals surface area contributed by atoms with E-state index in [1.54, 1.807) is 30.5 Å². The molecule has 0 saturated heterocycles. The van der Waals surface area contributed by atoms with Gasteiger partial charge >= 0.3 is 18.0 Å². The zero-order valence-corrected chi connectivity index (χ0v) is 59.4. The summed E-state index contributed by atoms with van der Waals surface area (Å²) in [5.74, 6) is -14.1. The Morgan fingerprint density at radius 1 is 0.454 bits per heavy atom. The monoisotopic (exact) mass is 1520 g/mol. The number of carboxylic acid groups (broad SMARTS) is 1. The lowest BCUT2D eigenvalue weighted by molar-refractivity contribution is -0.141. The summed E-state index contributed by atoms with van der Waals surface area (Å²) in [6, 6.07) is -11.6. The van der Waals surface area contributed by atoms with Crippen molar-refractivity contribution in [3.05, 3.63) is 72.5 Å². The van der Waals surface area contributed by atoms with E-state index < -0.39 is 187 Å². The molecule has 16 amide bonds. The number of rotatable bonds is 49. The largest absolute Gasteiger partial charge is 0.480 e. The molecule has 11 atom stereocenters. The number of aliphatic carboxylic acids is 1. The number of fused-ring (bicyclic) bond motifs is 1. The van der Waals surface area contributed by atoms with Gasteiger partial charge in [0, 0.05) is 92.7 Å². The number of aliphatic hydroxyl groups is 1. The van der Waals surface area contributed by atoms with E-state index in [1.807, 2.05) is 0 Å². The van der Waals surface area contributed by atoms with Crippen LogP contribution in [0.5, 0.6) is 0 Å². The minimum Gasteiger partial charge on any atom is -0.480 e. The maximum absolute atomic E-state index is 14.9. The summed E-state index contributed by atoms with van der Waals surface area (Å²) in [5, 5.41) is 72.3. The summed E-state index contributed by atoms with van der Waals surface area (Å²) in [6.07, 6.45) is 4.60. The van der Waals surface area contributed by atoms with E-state index in [0.717, 1.165) is 0 Å². The first-order valence-corrected chi connectivity index (χ1v) is 34.1. The van der Waals surface area contributed by atoms with Crippen molar-refractivity contribution in [1.29, 1.82) is 10.8 Å². The van der Waals surface area contributed by atoms with Crippen molar-refractivity contribution in [2.75, 3.05) is 39.3 Å². The van der Waals surface area contributed by atoms with Crippen molar-refractivity contribution in [2.24, 2.45) is 34.4 Å². The number of benzene rings is 1. The molecule has 592 valence electrons. The van der Waals surface area contributed by atoms with E-state index in [0.29, 0.717) is 22.2 Å². The number of para-hydroxylation sites is 1. The van der Waals surface area contributed by atoms with Gasteiger partial charge < -0.3 is 139 Å². The van der Waals surface area contributed by atoms with Gasteiger partial charge in [0.15, 0.2) is 11.9 Å². The normalized spacial score (nSPS) is 14.0. The van der Waals surface area contributed by atoms with Crippen LogP contribution in [0.1, 0.15) is 95.0 Å². The molecule has 45 heteroatoms. The number of aromatic nitrogens is 5. The Labute approximate surface area is 617 Å². The average Bonchev–Trinajstić information content (AvgIpc) is 1.68. The Morgan fingerprint density at radius 3 is 1.33 bits per heavy atom. The second-order valence-electron chi connectivity index (χ2n) is 24.8. The first-order valence-electron chi connectivity index (χ1n) is 34.1. The molecule has 34 N–H and O–H groups in total. The summed E-state index contributed by atoms with van der Waals surface area (Å²) in [7, 11) is 0. The van der Waals surface area contributed by atoms with Crippen LogP contribution in [0, 0.1) is 10.8 Å². The molecule has 0 aliphatic heterocycles. The number of nitrogens with two attached hydrogens (primary N) is 6. The van der Waals surface area contributed by atoms with Gasteiger partial charge in [-0.25, -0.2) is 19.6 Å². The highest BCUT2D eigenvalue weighted by Crippen LogP contribution is 2.20.